The summed E-state index contributed by atoms with van der Waals surface area (Å²) in [6.45, 7) is 2.84. The highest BCUT2D eigenvalue weighted by Crippen LogP contribution is 2.34. The zero-order valence-electron chi connectivity index (χ0n) is 16.4. The van der Waals surface area contributed by atoms with Gasteiger partial charge in [0.05, 0.1) is 12.3 Å². The Morgan fingerprint density at radius 1 is 1.37 bits per heavy atom. The number of rotatable bonds is 5. The third-order valence-electron chi connectivity index (χ3n) is 4.42. The van der Waals surface area contributed by atoms with E-state index in [0.717, 1.165) is 23.8 Å². The minimum Gasteiger partial charge on any atom is -0.450 e. The minimum absolute atomic E-state index is 0.0228. The Labute approximate surface area is 170 Å². The van der Waals surface area contributed by atoms with Gasteiger partial charge >= 0.3 is 6.09 Å². The fourth-order valence-electron chi connectivity index (χ4n) is 2.97. The lowest BCUT2D eigenvalue weighted by atomic mass is 9.95. The van der Waals surface area contributed by atoms with E-state index in [1.165, 1.54) is 12.3 Å². The number of aromatic nitrogens is 2. The van der Waals surface area contributed by atoms with Gasteiger partial charge in [-0.1, -0.05) is 12.1 Å². The van der Waals surface area contributed by atoms with Crippen molar-refractivity contribution in [2.24, 2.45) is 0 Å². The summed E-state index contributed by atoms with van der Waals surface area (Å²) in [5.41, 5.74) is -1.67. The molecule has 0 aliphatic heterocycles. The second kappa shape index (κ2) is 8.56. The smallest absolute Gasteiger partial charge is 0.411 e. The van der Waals surface area contributed by atoms with Crippen LogP contribution in [0.15, 0.2) is 59.3 Å². The Balaban J connectivity index is 1.87. The van der Waals surface area contributed by atoms with E-state index in [1.807, 2.05) is 0 Å². The second-order valence-electron chi connectivity index (χ2n) is 6.91. The molecule has 9 heteroatoms. The largest absolute Gasteiger partial charge is 0.450 e. The van der Waals surface area contributed by atoms with Gasteiger partial charge in [0, 0.05) is 24.4 Å². The summed E-state index contributed by atoms with van der Waals surface area (Å²) in [5, 5.41) is 6.72. The first-order chi connectivity index (χ1) is 14.2. The highest BCUT2D eigenvalue weighted by atomic mass is 19.2. The Hall–Kier alpha value is -3.36. The molecule has 2 unspecified atom stereocenters. The number of hydrogen-bond donors (Lipinski definition) is 1. The third-order valence-corrected chi connectivity index (χ3v) is 4.42. The van der Waals surface area contributed by atoms with Crippen LogP contribution in [-0.2, 0) is 11.2 Å². The molecule has 1 aliphatic carbocycles. The van der Waals surface area contributed by atoms with E-state index in [-0.39, 0.29) is 29.8 Å². The number of anilines is 1. The Bertz CT molecular complexity index is 1080. The molecule has 0 bridgehead atoms. The van der Waals surface area contributed by atoms with E-state index in [0.29, 0.717) is 11.3 Å². The SMILES string of the molecule is CCOC(=O)Nc1cccc(Cc2nn(C3=CC(C)(F)C(F)C(F)=C3)ccc2=O)c1. The minimum atomic E-state index is -2.54. The van der Waals surface area contributed by atoms with Gasteiger partial charge in [0.1, 0.15) is 11.5 Å². The van der Waals surface area contributed by atoms with Gasteiger partial charge in [-0.25, -0.2) is 22.6 Å². The normalized spacial score (nSPS) is 20.9. The van der Waals surface area contributed by atoms with Crippen molar-refractivity contribution in [1.29, 1.82) is 0 Å². The van der Waals surface area contributed by atoms with Gasteiger partial charge in [0.2, 0.25) is 5.43 Å². The number of ether oxygens (including phenoxy) is 1. The molecule has 158 valence electrons. The quantitative estimate of drug-likeness (QED) is 0.789. The number of allylic oxidation sites excluding steroid dienone is 4. The summed E-state index contributed by atoms with van der Waals surface area (Å²) in [7, 11) is 0. The number of amides is 1. The molecule has 1 aromatic carbocycles. The van der Waals surface area contributed by atoms with Gasteiger partial charge in [-0.05, 0) is 43.7 Å². The molecule has 0 radical (unpaired) electrons. The monoisotopic (exact) mass is 419 g/mol. The zero-order valence-corrected chi connectivity index (χ0v) is 16.4. The van der Waals surface area contributed by atoms with Gasteiger partial charge < -0.3 is 4.74 Å². The van der Waals surface area contributed by atoms with Gasteiger partial charge in [0.15, 0.2) is 11.8 Å². The molecular weight excluding hydrogens is 399 g/mol. The molecule has 1 amide bonds. The van der Waals surface area contributed by atoms with Crippen LogP contribution in [-0.4, -0.2) is 34.3 Å². The van der Waals surface area contributed by atoms with Crippen LogP contribution in [0.1, 0.15) is 25.1 Å². The van der Waals surface area contributed by atoms with Crippen LogP contribution in [0.25, 0.3) is 5.70 Å². The number of carbonyl (C=O) groups excluding carboxylic acids is 1. The summed E-state index contributed by atoms with van der Waals surface area (Å²) >= 11 is 0. The van der Waals surface area contributed by atoms with Crippen LogP contribution < -0.4 is 10.7 Å². The molecule has 2 aromatic rings. The molecule has 0 spiro atoms. The molecule has 6 nitrogen and oxygen atoms in total. The average Bonchev–Trinajstić information content (AvgIpc) is 2.68. The number of nitrogens with one attached hydrogen (secondary N) is 1. The number of benzene rings is 1. The molecular formula is C21H20F3N3O3. The van der Waals surface area contributed by atoms with Gasteiger partial charge in [-0.15, -0.1) is 0 Å². The van der Waals surface area contributed by atoms with Gasteiger partial charge in [0.25, 0.3) is 0 Å². The first kappa shape index (κ1) is 21.4. The lowest BCUT2D eigenvalue weighted by molar-refractivity contribution is 0.118. The van der Waals surface area contributed by atoms with Crippen molar-refractivity contribution in [2.45, 2.75) is 32.1 Å². The van der Waals surface area contributed by atoms with E-state index in [2.05, 4.69) is 10.4 Å². The van der Waals surface area contributed by atoms with Crippen molar-refractivity contribution in [2.75, 3.05) is 11.9 Å². The molecule has 0 saturated heterocycles. The number of carbonyl (C=O) groups is 1. The highest BCUT2D eigenvalue weighted by Gasteiger charge is 2.39. The van der Waals surface area contributed by atoms with Crippen LogP contribution in [0.3, 0.4) is 0 Å². The van der Waals surface area contributed by atoms with Gasteiger partial charge in [-0.3, -0.25) is 10.1 Å². The molecule has 1 aromatic heterocycles. The maximum Gasteiger partial charge on any atom is 0.411 e. The van der Waals surface area contributed by atoms with E-state index < -0.39 is 23.8 Å². The number of nitrogens with zero attached hydrogens (tertiary/aromatic N) is 2. The third kappa shape index (κ3) is 4.79. The van der Waals surface area contributed by atoms with Crippen LogP contribution in [0.5, 0.6) is 0 Å². The molecule has 1 heterocycles. The van der Waals surface area contributed by atoms with Crippen molar-refractivity contribution in [3.05, 3.63) is 76.0 Å². The van der Waals surface area contributed by atoms with Crippen LogP contribution in [0, 0.1) is 0 Å². The fourth-order valence-corrected chi connectivity index (χ4v) is 2.97. The molecule has 3 rings (SSSR count). The van der Waals surface area contributed by atoms with Crippen molar-refractivity contribution in [3.63, 3.8) is 0 Å². The van der Waals surface area contributed by atoms with Crippen LogP contribution in [0.2, 0.25) is 0 Å². The second-order valence-corrected chi connectivity index (χ2v) is 6.91. The van der Waals surface area contributed by atoms with Crippen molar-refractivity contribution < 1.29 is 22.7 Å². The maximum atomic E-state index is 14.3. The van der Waals surface area contributed by atoms with Crippen molar-refractivity contribution in [1.82, 2.24) is 9.78 Å². The zero-order chi connectivity index (χ0) is 21.9. The lowest BCUT2D eigenvalue weighted by Crippen LogP contribution is -2.33. The first-order valence-electron chi connectivity index (χ1n) is 9.24. The molecule has 1 N–H and O–H groups in total. The van der Waals surface area contributed by atoms with Crippen molar-refractivity contribution in [3.8, 4) is 0 Å². The molecule has 2 atom stereocenters. The first-order valence-corrected chi connectivity index (χ1v) is 9.24. The van der Waals surface area contributed by atoms with Crippen molar-refractivity contribution >= 4 is 17.5 Å². The summed E-state index contributed by atoms with van der Waals surface area (Å²) in [5.74, 6) is -1.25. The van der Waals surface area contributed by atoms with E-state index in [9.17, 15) is 22.8 Å². The van der Waals surface area contributed by atoms with E-state index in [4.69, 9.17) is 4.74 Å². The Morgan fingerprint density at radius 3 is 2.83 bits per heavy atom. The molecule has 0 fully saturated rings. The standard InChI is InChI=1S/C21H20F3N3O3/c1-3-30-20(29)25-14-6-4-5-13(9-14)10-17-18(28)7-8-27(26-17)15-11-16(22)19(23)21(2,24)12-15/h4-9,11-12,19H,3,10H2,1-2H3,(H,25,29). The Morgan fingerprint density at radius 2 is 2.13 bits per heavy atom. The maximum absolute atomic E-state index is 14.3. The van der Waals surface area contributed by atoms with Crippen LogP contribution in [0.4, 0.5) is 23.7 Å². The summed E-state index contributed by atoms with van der Waals surface area (Å²) in [4.78, 5) is 23.8. The number of halogens is 3. The van der Waals surface area contributed by atoms with E-state index >= 15 is 0 Å². The molecule has 30 heavy (non-hydrogen) atoms. The molecule has 1 aliphatic rings. The van der Waals surface area contributed by atoms with E-state index in [1.54, 1.807) is 31.2 Å². The summed E-state index contributed by atoms with van der Waals surface area (Å²) in [6, 6.07) is 7.96. The molecule has 0 saturated carbocycles. The topological polar surface area (TPSA) is 73.2 Å². The van der Waals surface area contributed by atoms with Gasteiger partial charge in [-0.2, -0.15) is 5.10 Å². The highest BCUT2D eigenvalue weighted by molar-refractivity contribution is 5.84. The number of alkyl halides is 2. The fraction of sp³-hybridized carbons (Fsp3) is 0.286. The predicted octanol–water partition coefficient (Wildman–Crippen LogP) is 4.18. The summed E-state index contributed by atoms with van der Waals surface area (Å²) in [6.07, 6.45) is 0.136. The number of hydrogen-bond acceptors (Lipinski definition) is 4. The van der Waals surface area contributed by atoms with Crippen LogP contribution >= 0.6 is 0 Å². The lowest BCUT2D eigenvalue weighted by Gasteiger charge is -2.25. The Kier molecular flexibility index (Phi) is 6.09. The average molecular weight is 419 g/mol. The summed E-state index contributed by atoms with van der Waals surface area (Å²) < 4.78 is 47.7. The predicted molar refractivity (Wildman–Crippen MR) is 106 cm³/mol.